The number of hydrogen-bond acceptors (Lipinski definition) is 5. The molecule has 1 aromatic rings. The number of hydrogen-bond donors (Lipinski definition) is 0. The van der Waals surface area contributed by atoms with E-state index in [1.165, 1.54) is 0 Å². The molecule has 2 aliphatic heterocycles. The molecule has 5 atom stereocenters. The van der Waals surface area contributed by atoms with Crippen molar-refractivity contribution in [3.8, 4) is 0 Å². The second-order valence-corrected chi connectivity index (χ2v) is 5.08. The first kappa shape index (κ1) is 13.1. The molecule has 0 radical (unpaired) electrons. The van der Waals surface area contributed by atoms with Crippen molar-refractivity contribution in [1.29, 1.82) is 0 Å². The molecule has 0 amide bonds. The Hall–Kier alpha value is -0.950. The fourth-order valence-corrected chi connectivity index (χ4v) is 2.43. The van der Waals surface area contributed by atoms with Gasteiger partial charge in [-0.15, -0.1) is 0 Å². The van der Waals surface area contributed by atoms with E-state index in [-0.39, 0.29) is 12.2 Å². The first-order valence-corrected chi connectivity index (χ1v) is 6.31. The number of furan rings is 1. The largest absolute Gasteiger partial charge is 0.472 e. The standard InChI is InChI=1S/C13H17FO5/c1-8-10(16-6-9-3-4-15-5-9)11-12(17-8)19-13(2,7-14)18-11/h3-5,8,10-12H,6-7H2,1-2H3/t8-,10+,11-,12-,13?/m1/s1. The lowest BCUT2D eigenvalue weighted by molar-refractivity contribution is -0.231. The van der Waals surface area contributed by atoms with E-state index in [0.717, 1.165) is 5.56 Å². The molecule has 0 spiro atoms. The van der Waals surface area contributed by atoms with Crippen molar-refractivity contribution in [3.05, 3.63) is 24.2 Å². The van der Waals surface area contributed by atoms with E-state index in [1.54, 1.807) is 19.5 Å². The lowest BCUT2D eigenvalue weighted by Gasteiger charge is -2.24. The van der Waals surface area contributed by atoms with Gasteiger partial charge < -0.3 is 23.4 Å². The molecule has 3 heterocycles. The highest BCUT2D eigenvalue weighted by Gasteiger charge is 2.55. The highest BCUT2D eigenvalue weighted by atomic mass is 19.1. The van der Waals surface area contributed by atoms with Crippen molar-refractivity contribution in [3.63, 3.8) is 0 Å². The van der Waals surface area contributed by atoms with Crippen LogP contribution in [-0.2, 0) is 25.6 Å². The highest BCUT2D eigenvalue weighted by Crippen LogP contribution is 2.39. The maximum atomic E-state index is 12.9. The summed E-state index contributed by atoms with van der Waals surface area (Å²) in [6, 6.07) is 1.83. The summed E-state index contributed by atoms with van der Waals surface area (Å²) in [4.78, 5) is 0. The molecule has 1 unspecified atom stereocenters. The maximum absolute atomic E-state index is 12.9. The van der Waals surface area contributed by atoms with E-state index in [2.05, 4.69) is 0 Å². The van der Waals surface area contributed by atoms with Crippen molar-refractivity contribution in [2.24, 2.45) is 0 Å². The molecule has 6 heteroatoms. The van der Waals surface area contributed by atoms with E-state index in [1.807, 2.05) is 13.0 Å². The van der Waals surface area contributed by atoms with E-state index in [0.29, 0.717) is 6.61 Å². The molecule has 5 nitrogen and oxygen atoms in total. The first-order chi connectivity index (χ1) is 9.11. The van der Waals surface area contributed by atoms with Gasteiger partial charge in [-0.2, -0.15) is 0 Å². The predicted molar refractivity (Wildman–Crippen MR) is 62.0 cm³/mol. The smallest absolute Gasteiger partial charge is 0.197 e. The van der Waals surface area contributed by atoms with Gasteiger partial charge in [0.25, 0.3) is 0 Å². The summed E-state index contributed by atoms with van der Waals surface area (Å²) in [6.45, 7) is 3.13. The molecule has 2 fully saturated rings. The Morgan fingerprint density at radius 2 is 2.26 bits per heavy atom. The van der Waals surface area contributed by atoms with Crippen LogP contribution in [0.25, 0.3) is 0 Å². The Morgan fingerprint density at radius 1 is 1.42 bits per heavy atom. The molecule has 3 rings (SSSR count). The van der Waals surface area contributed by atoms with Crippen molar-refractivity contribution >= 4 is 0 Å². The van der Waals surface area contributed by atoms with Crippen LogP contribution in [0.2, 0.25) is 0 Å². The molecule has 0 saturated carbocycles. The van der Waals surface area contributed by atoms with E-state index < -0.39 is 24.9 Å². The first-order valence-electron chi connectivity index (χ1n) is 6.31. The van der Waals surface area contributed by atoms with Crippen LogP contribution in [0.4, 0.5) is 4.39 Å². The number of alkyl halides is 1. The predicted octanol–water partition coefficient (Wildman–Crippen LogP) is 2.01. The van der Waals surface area contributed by atoms with Crippen LogP contribution < -0.4 is 0 Å². The highest BCUT2D eigenvalue weighted by molar-refractivity contribution is 5.04. The van der Waals surface area contributed by atoms with Crippen LogP contribution in [0.5, 0.6) is 0 Å². The average Bonchev–Trinajstić information content (AvgIpc) is 3.04. The van der Waals surface area contributed by atoms with Gasteiger partial charge in [0.05, 0.1) is 25.2 Å². The number of ether oxygens (including phenoxy) is 4. The molecule has 0 aromatic carbocycles. The molecule has 1 aromatic heterocycles. The lowest BCUT2D eigenvalue weighted by atomic mass is 10.1. The van der Waals surface area contributed by atoms with Gasteiger partial charge >= 0.3 is 0 Å². The molecule has 0 aliphatic carbocycles. The Bertz CT molecular complexity index is 423. The summed E-state index contributed by atoms with van der Waals surface area (Å²) in [6.07, 6.45) is 1.80. The quantitative estimate of drug-likeness (QED) is 0.839. The van der Waals surface area contributed by atoms with Crippen LogP contribution in [0.15, 0.2) is 23.0 Å². The Morgan fingerprint density at radius 3 is 2.95 bits per heavy atom. The Balaban J connectivity index is 1.64. The summed E-state index contributed by atoms with van der Waals surface area (Å²) in [5.74, 6) is -1.23. The summed E-state index contributed by atoms with van der Waals surface area (Å²) >= 11 is 0. The van der Waals surface area contributed by atoms with Crippen LogP contribution >= 0.6 is 0 Å². The molecule has 19 heavy (non-hydrogen) atoms. The third-order valence-electron chi connectivity index (χ3n) is 3.42. The number of rotatable bonds is 4. The zero-order valence-electron chi connectivity index (χ0n) is 10.9. The van der Waals surface area contributed by atoms with Gasteiger partial charge in [-0.3, -0.25) is 0 Å². The summed E-state index contributed by atoms with van der Waals surface area (Å²) in [5.41, 5.74) is 0.933. The molecule has 106 valence electrons. The third kappa shape index (κ3) is 2.41. The monoisotopic (exact) mass is 272 g/mol. The van der Waals surface area contributed by atoms with Crippen LogP contribution in [0.3, 0.4) is 0 Å². The SMILES string of the molecule is C[C@H]1O[C@@H]2OC(C)(CF)O[C@@H]2[C@H]1OCc1ccoc1. The van der Waals surface area contributed by atoms with Gasteiger partial charge in [0.1, 0.15) is 18.9 Å². The zero-order chi connectivity index (χ0) is 13.5. The maximum Gasteiger partial charge on any atom is 0.197 e. The van der Waals surface area contributed by atoms with Crippen molar-refractivity contribution in [2.45, 2.75) is 50.8 Å². The van der Waals surface area contributed by atoms with Crippen molar-refractivity contribution in [2.75, 3.05) is 6.67 Å². The van der Waals surface area contributed by atoms with Gasteiger partial charge in [-0.25, -0.2) is 4.39 Å². The second kappa shape index (κ2) is 4.86. The van der Waals surface area contributed by atoms with Gasteiger partial charge in [0.2, 0.25) is 0 Å². The van der Waals surface area contributed by atoms with Crippen molar-refractivity contribution in [1.82, 2.24) is 0 Å². The van der Waals surface area contributed by atoms with Crippen LogP contribution in [0.1, 0.15) is 19.4 Å². The van der Waals surface area contributed by atoms with Gasteiger partial charge in [-0.1, -0.05) is 0 Å². The minimum atomic E-state index is -1.23. The van der Waals surface area contributed by atoms with Gasteiger partial charge in [0, 0.05) is 5.56 Å². The van der Waals surface area contributed by atoms with Gasteiger partial charge in [-0.05, 0) is 19.9 Å². The fraction of sp³-hybridized carbons (Fsp3) is 0.692. The summed E-state index contributed by atoms with van der Waals surface area (Å²) < 4.78 is 40.3. The molecule has 2 saturated heterocycles. The minimum Gasteiger partial charge on any atom is -0.472 e. The van der Waals surface area contributed by atoms with Crippen LogP contribution in [0, 0.1) is 0 Å². The summed E-state index contributed by atoms with van der Waals surface area (Å²) in [5, 5.41) is 0. The lowest BCUT2D eigenvalue weighted by Crippen LogP contribution is -2.37. The van der Waals surface area contributed by atoms with E-state index in [4.69, 9.17) is 23.4 Å². The van der Waals surface area contributed by atoms with Crippen molar-refractivity contribution < 1.29 is 27.8 Å². The fourth-order valence-electron chi connectivity index (χ4n) is 2.43. The molecule has 0 N–H and O–H groups in total. The molecular weight excluding hydrogens is 255 g/mol. The molecule has 0 bridgehead atoms. The summed E-state index contributed by atoms with van der Waals surface area (Å²) in [7, 11) is 0. The third-order valence-corrected chi connectivity index (χ3v) is 3.42. The number of halogens is 1. The van der Waals surface area contributed by atoms with E-state index >= 15 is 0 Å². The molecular formula is C13H17FO5. The Labute approximate surface area is 110 Å². The Kier molecular flexibility index (Phi) is 3.34. The normalized spacial score (nSPS) is 41.6. The number of fused-ring (bicyclic) bond motifs is 1. The van der Waals surface area contributed by atoms with Gasteiger partial charge in [0.15, 0.2) is 12.1 Å². The van der Waals surface area contributed by atoms with E-state index in [9.17, 15) is 4.39 Å². The minimum absolute atomic E-state index is 0.161. The zero-order valence-corrected chi connectivity index (χ0v) is 10.9. The molecule has 2 aliphatic rings. The average molecular weight is 272 g/mol. The topological polar surface area (TPSA) is 50.1 Å². The second-order valence-electron chi connectivity index (χ2n) is 5.08. The van der Waals surface area contributed by atoms with Crippen LogP contribution in [-0.4, -0.2) is 37.1 Å².